The van der Waals surface area contributed by atoms with Crippen LogP contribution in [-0.2, 0) is 9.53 Å². The van der Waals surface area contributed by atoms with Crippen LogP contribution in [-0.4, -0.2) is 13.1 Å². The third-order valence-corrected chi connectivity index (χ3v) is 4.09. The summed E-state index contributed by atoms with van der Waals surface area (Å²) in [4.78, 5) is 12.1. The lowest BCUT2D eigenvalue weighted by Gasteiger charge is -2.17. The molecule has 0 aromatic heterocycles. The Balaban J connectivity index is 1.97. The molecular weight excluding hydrogens is 260 g/mol. The molecule has 2 aromatic rings. The smallest absolute Gasteiger partial charge is 0.309 e. The van der Waals surface area contributed by atoms with Crippen molar-refractivity contribution in [2.75, 3.05) is 7.11 Å². The van der Waals surface area contributed by atoms with E-state index in [9.17, 15) is 4.79 Å². The van der Waals surface area contributed by atoms with Crippen molar-refractivity contribution in [2.24, 2.45) is 5.92 Å². The van der Waals surface area contributed by atoms with Crippen molar-refractivity contribution >= 4 is 11.5 Å². The Morgan fingerprint density at radius 2 is 1.62 bits per heavy atom. The maximum atomic E-state index is 12.1. The molecule has 0 aliphatic heterocycles. The molecule has 0 saturated heterocycles. The van der Waals surface area contributed by atoms with E-state index in [-0.39, 0.29) is 17.8 Å². The molecule has 2 heteroatoms. The van der Waals surface area contributed by atoms with E-state index in [1.165, 1.54) is 23.8 Å². The van der Waals surface area contributed by atoms with Crippen LogP contribution in [0.4, 0.5) is 0 Å². The van der Waals surface area contributed by atoms with Gasteiger partial charge in [0.1, 0.15) is 0 Å². The van der Waals surface area contributed by atoms with Gasteiger partial charge in [-0.2, -0.15) is 0 Å². The maximum Gasteiger partial charge on any atom is 0.309 e. The van der Waals surface area contributed by atoms with Gasteiger partial charge >= 0.3 is 5.97 Å². The first-order valence-electron chi connectivity index (χ1n) is 7.18. The normalized spacial score (nSPS) is 20.9. The third-order valence-electron chi connectivity index (χ3n) is 4.09. The van der Waals surface area contributed by atoms with Gasteiger partial charge in [-0.05, 0) is 23.1 Å². The van der Waals surface area contributed by atoms with Crippen LogP contribution in [0.3, 0.4) is 0 Å². The van der Waals surface area contributed by atoms with Crippen LogP contribution in [0.2, 0.25) is 0 Å². The minimum absolute atomic E-state index is 0.0915. The first kappa shape index (κ1) is 13.6. The van der Waals surface area contributed by atoms with Gasteiger partial charge in [0.25, 0.3) is 0 Å². The van der Waals surface area contributed by atoms with E-state index >= 15 is 0 Å². The van der Waals surface area contributed by atoms with Gasteiger partial charge in [-0.25, -0.2) is 0 Å². The van der Waals surface area contributed by atoms with Crippen molar-refractivity contribution in [1.82, 2.24) is 0 Å². The quantitative estimate of drug-likeness (QED) is 0.792. The number of esters is 1. The van der Waals surface area contributed by atoms with E-state index in [0.29, 0.717) is 0 Å². The third kappa shape index (κ3) is 2.75. The van der Waals surface area contributed by atoms with Gasteiger partial charge in [0.15, 0.2) is 0 Å². The standard InChI is InChI=1S/C19H18O2/c1-21-19(20)18-13-16(14-8-4-2-5-9-14)12-17(18)15-10-6-3-7-11-15/h2-12,17-18H,13H2,1H3. The summed E-state index contributed by atoms with van der Waals surface area (Å²) in [6.45, 7) is 0. The van der Waals surface area contributed by atoms with Gasteiger partial charge in [-0.1, -0.05) is 66.7 Å². The minimum Gasteiger partial charge on any atom is -0.469 e. The highest BCUT2D eigenvalue weighted by atomic mass is 16.5. The fourth-order valence-corrected chi connectivity index (χ4v) is 3.02. The van der Waals surface area contributed by atoms with Crippen molar-refractivity contribution in [3.8, 4) is 0 Å². The summed E-state index contributed by atoms with van der Waals surface area (Å²) in [6.07, 6.45) is 2.95. The summed E-state index contributed by atoms with van der Waals surface area (Å²) in [6, 6.07) is 20.4. The topological polar surface area (TPSA) is 26.3 Å². The lowest BCUT2D eigenvalue weighted by molar-refractivity contribution is -0.145. The monoisotopic (exact) mass is 278 g/mol. The van der Waals surface area contributed by atoms with Crippen LogP contribution < -0.4 is 0 Å². The summed E-state index contributed by atoms with van der Waals surface area (Å²) in [5, 5.41) is 0. The summed E-state index contributed by atoms with van der Waals surface area (Å²) in [7, 11) is 1.46. The number of allylic oxidation sites excluding steroid dienone is 2. The molecule has 0 fully saturated rings. The molecule has 0 heterocycles. The van der Waals surface area contributed by atoms with Crippen molar-refractivity contribution in [3.63, 3.8) is 0 Å². The highest BCUT2D eigenvalue weighted by Crippen LogP contribution is 2.42. The Bertz CT molecular complexity index is 644. The minimum atomic E-state index is -0.133. The molecule has 21 heavy (non-hydrogen) atoms. The molecule has 0 bridgehead atoms. The highest BCUT2D eigenvalue weighted by molar-refractivity contribution is 5.82. The van der Waals surface area contributed by atoms with Crippen LogP contribution in [0.25, 0.3) is 5.57 Å². The number of ether oxygens (including phenoxy) is 1. The molecule has 3 rings (SSSR count). The number of benzene rings is 2. The van der Waals surface area contributed by atoms with Crippen LogP contribution in [0.1, 0.15) is 23.5 Å². The van der Waals surface area contributed by atoms with E-state index in [4.69, 9.17) is 4.74 Å². The van der Waals surface area contributed by atoms with Crippen molar-refractivity contribution < 1.29 is 9.53 Å². The Labute approximate surface area is 125 Å². The number of methoxy groups -OCH3 is 1. The first-order valence-corrected chi connectivity index (χ1v) is 7.18. The molecule has 2 aromatic carbocycles. The lowest BCUT2D eigenvalue weighted by atomic mass is 9.89. The van der Waals surface area contributed by atoms with Crippen molar-refractivity contribution in [1.29, 1.82) is 0 Å². The van der Waals surface area contributed by atoms with E-state index in [2.05, 4.69) is 30.3 Å². The van der Waals surface area contributed by atoms with Crippen LogP contribution >= 0.6 is 0 Å². The molecule has 0 radical (unpaired) electrons. The SMILES string of the molecule is COC(=O)C1CC(c2ccccc2)=CC1c1ccccc1. The maximum absolute atomic E-state index is 12.1. The lowest BCUT2D eigenvalue weighted by Crippen LogP contribution is -2.19. The Hall–Kier alpha value is -2.35. The molecule has 2 unspecified atom stereocenters. The number of hydrogen-bond acceptors (Lipinski definition) is 2. The summed E-state index contributed by atoms with van der Waals surface area (Å²) < 4.78 is 5.00. The predicted octanol–water partition coefficient (Wildman–Crippen LogP) is 4.05. The van der Waals surface area contributed by atoms with E-state index in [1.54, 1.807) is 0 Å². The van der Waals surface area contributed by atoms with Gasteiger partial charge < -0.3 is 4.74 Å². The van der Waals surface area contributed by atoms with Crippen LogP contribution in [0.5, 0.6) is 0 Å². The molecule has 1 aliphatic carbocycles. The molecule has 0 spiro atoms. The van der Waals surface area contributed by atoms with Gasteiger partial charge in [0, 0.05) is 5.92 Å². The second-order valence-corrected chi connectivity index (χ2v) is 5.33. The van der Waals surface area contributed by atoms with Gasteiger partial charge in [0.05, 0.1) is 13.0 Å². The predicted molar refractivity (Wildman–Crippen MR) is 83.7 cm³/mol. The van der Waals surface area contributed by atoms with E-state index in [1.807, 2.05) is 36.4 Å². The fourth-order valence-electron chi connectivity index (χ4n) is 3.02. The molecule has 2 nitrogen and oxygen atoms in total. The van der Waals surface area contributed by atoms with Crippen LogP contribution in [0.15, 0.2) is 66.7 Å². The van der Waals surface area contributed by atoms with Gasteiger partial charge in [-0.15, -0.1) is 0 Å². The summed E-state index contributed by atoms with van der Waals surface area (Å²) >= 11 is 0. The molecule has 0 saturated carbocycles. The number of hydrogen-bond donors (Lipinski definition) is 0. The van der Waals surface area contributed by atoms with Crippen molar-refractivity contribution in [3.05, 3.63) is 77.9 Å². The first-order chi connectivity index (χ1) is 10.3. The van der Waals surface area contributed by atoms with E-state index in [0.717, 1.165) is 6.42 Å². The molecule has 0 amide bonds. The Kier molecular flexibility index (Phi) is 3.87. The number of carbonyl (C=O) groups is 1. The molecule has 106 valence electrons. The summed E-state index contributed by atoms with van der Waals surface area (Å²) in [5.41, 5.74) is 3.57. The summed E-state index contributed by atoms with van der Waals surface area (Å²) in [5.74, 6) is -0.174. The van der Waals surface area contributed by atoms with Gasteiger partial charge in [-0.3, -0.25) is 4.79 Å². The van der Waals surface area contributed by atoms with Gasteiger partial charge in [0.2, 0.25) is 0 Å². The zero-order valence-corrected chi connectivity index (χ0v) is 12.0. The number of rotatable bonds is 3. The Morgan fingerprint density at radius 1 is 1.00 bits per heavy atom. The molecule has 2 atom stereocenters. The zero-order chi connectivity index (χ0) is 14.7. The second-order valence-electron chi connectivity index (χ2n) is 5.33. The van der Waals surface area contributed by atoms with E-state index < -0.39 is 0 Å². The largest absolute Gasteiger partial charge is 0.469 e. The average molecular weight is 278 g/mol. The second kappa shape index (κ2) is 5.96. The van der Waals surface area contributed by atoms with Crippen LogP contribution in [0, 0.1) is 5.92 Å². The zero-order valence-electron chi connectivity index (χ0n) is 12.0. The molecule has 1 aliphatic rings. The van der Waals surface area contributed by atoms with Crippen molar-refractivity contribution in [2.45, 2.75) is 12.3 Å². The Morgan fingerprint density at radius 3 is 2.24 bits per heavy atom. The average Bonchev–Trinajstić information content (AvgIpc) is 3.01. The highest BCUT2D eigenvalue weighted by Gasteiger charge is 2.35. The molecule has 0 N–H and O–H groups in total. The molecular formula is C19H18O2. The number of carbonyl (C=O) groups excluding carboxylic acids is 1. The fraction of sp³-hybridized carbons (Fsp3) is 0.211.